The third-order valence-corrected chi connectivity index (χ3v) is 3.88. The van der Waals surface area contributed by atoms with Gasteiger partial charge in [-0.3, -0.25) is 0 Å². The minimum Gasteiger partial charge on any atom is -0.361 e. The third-order valence-electron chi connectivity index (χ3n) is 3.88. The molecule has 0 aliphatic rings. The maximum absolute atomic E-state index is 3.23. The van der Waals surface area contributed by atoms with Crippen LogP contribution in [0.5, 0.6) is 0 Å². The van der Waals surface area contributed by atoms with Gasteiger partial charge in [-0.1, -0.05) is 60.7 Å². The van der Waals surface area contributed by atoms with Crippen molar-refractivity contribution in [1.82, 2.24) is 4.98 Å². The van der Waals surface area contributed by atoms with E-state index in [1.807, 2.05) is 12.3 Å². The van der Waals surface area contributed by atoms with Crippen molar-refractivity contribution in [3.63, 3.8) is 0 Å². The van der Waals surface area contributed by atoms with Crippen molar-refractivity contribution in [2.45, 2.75) is 0 Å². The molecule has 1 heteroatoms. The summed E-state index contributed by atoms with van der Waals surface area (Å²) in [6, 6.07) is 27.9. The summed E-state index contributed by atoms with van der Waals surface area (Å²) in [7, 11) is 0. The maximum Gasteiger partial charge on any atom is 0.0454 e. The summed E-state index contributed by atoms with van der Waals surface area (Å²) in [5, 5.41) is 1.25. The highest BCUT2D eigenvalue weighted by molar-refractivity contribution is 5.85. The van der Waals surface area contributed by atoms with Crippen molar-refractivity contribution >= 4 is 10.9 Å². The predicted molar refractivity (Wildman–Crippen MR) is 89.2 cm³/mol. The zero-order valence-corrected chi connectivity index (χ0v) is 11.6. The molecule has 0 aliphatic heterocycles. The van der Waals surface area contributed by atoms with Gasteiger partial charge in [0.05, 0.1) is 0 Å². The second-order valence-corrected chi connectivity index (χ2v) is 5.22. The Labute approximate surface area is 123 Å². The van der Waals surface area contributed by atoms with Crippen LogP contribution in [0.4, 0.5) is 0 Å². The molecule has 0 radical (unpaired) electrons. The lowest BCUT2D eigenvalue weighted by molar-refractivity contribution is 1.48. The number of aromatic amines is 1. The van der Waals surface area contributed by atoms with Gasteiger partial charge >= 0.3 is 0 Å². The summed E-state index contributed by atoms with van der Waals surface area (Å²) in [6.07, 6.45) is 1.98. The molecule has 0 bridgehead atoms. The number of hydrogen-bond donors (Lipinski definition) is 1. The molecule has 1 aromatic heterocycles. The second-order valence-electron chi connectivity index (χ2n) is 5.22. The van der Waals surface area contributed by atoms with Gasteiger partial charge in [0.25, 0.3) is 0 Å². The van der Waals surface area contributed by atoms with Crippen molar-refractivity contribution in [2.75, 3.05) is 0 Å². The first-order valence-corrected chi connectivity index (χ1v) is 7.13. The van der Waals surface area contributed by atoms with E-state index in [1.165, 1.54) is 33.2 Å². The van der Waals surface area contributed by atoms with E-state index < -0.39 is 0 Å². The van der Waals surface area contributed by atoms with E-state index in [0.717, 1.165) is 0 Å². The minimum absolute atomic E-state index is 1.18. The zero-order chi connectivity index (χ0) is 14.1. The molecule has 0 saturated heterocycles. The topological polar surface area (TPSA) is 15.8 Å². The maximum atomic E-state index is 3.23. The van der Waals surface area contributed by atoms with Gasteiger partial charge in [0.1, 0.15) is 0 Å². The lowest BCUT2D eigenvalue weighted by Crippen LogP contribution is -1.80. The molecule has 0 aliphatic carbocycles. The van der Waals surface area contributed by atoms with Crippen LogP contribution in [0.25, 0.3) is 33.2 Å². The number of H-pyrrole nitrogens is 1. The molecule has 4 rings (SSSR count). The Hall–Kier alpha value is -2.80. The SMILES string of the molecule is c1ccc(-c2ccc(-c3ccc4[nH]ccc4c3)cc2)cc1. The quantitative estimate of drug-likeness (QED) is 0.494. The molecule has 21 heavy (non-hydrogen) atoms. The van der Waals surface area contributed by atoms with E-state index in [4.69, 9.17) is 0 Å². The molecule has 4 aromatic rings. The van der Waals surface area contributed by atoms with Crippen molar-refractivity contribution in [3.05, 3.63) is 85.1 Å². The molecular weight excluding hydrogens is 254 g/mol. The molecule has 0 atom stereocenters. The third kappa shape index (κ3) is 2.23. The highest BCUT2D eigenvalue weighted by atomic mass is 14.7. The number of aromatic nitrogens is 1. The summed E-state index contributed by atoms with van der Waals surface area (Å²) in [5.74, 6) is 0. The fourth-order valence-corrected chi connectivity index (χ4v) is 2.72. The van der Waals surface area contributed by atoms with E-state index in [0.29, 0.717) is 0 Å². The van der Waals surface area contributed by atoms with Gasteiger partial charge in [-0.2, -0.15) is 0 Å². The van der Waals surface area contributed by atoms with Gasteiger partial charge < -0.3 is 4.98 Å². The summed E-state index contributed by atoms with van der Waals surface area (Å²) in [6.45, 7) is 0. The van der Waals surface area contributed by atoms with Gasteiger partial charge in [-0.15, -0.1) is 0 Å². The Morgan fingerprint density at radius 1 is 0.524 bits per heavy atom. The molecule has 0 saturated carbocycles. The first kappa shape index (κ1) is 12.0. The Kier molecular flexibility index (Phi) is 2.82. The highest BCUT2D eigenvalue weighted by Crippen LogP contribution is 2.27. The summed E-state index contributed by atoms with van der Waals surface area (Å²) in [5.41, 5.74) is 6.19. The van der Waals surface area contributed by atoms with Crippen LogP contribution in [0.2, 0.25) is 0 Å². The van der Waals surface area contributed by atoms with Crippen LogP contribution >= 0.6 is 0 Å². The smallest absolute Gasteiger partial charge is 0.0454 e. The molecule has 3 aromatic carbocycles. The molecule has 100 valence electrons. The van der Waals surface area contributed by atoms with Crippen molar-refractivity contribution < 1.29 is 0 Å². The first-order valence-electron chi connectivity index (χ1n) is 7.13. The van der Waals surface area contributed by atoms with Crippen molar-refractivity contribution in [2.24, 2.45) is 0 Å². The minimum atomic E-state index is 1.18. The van der Waals surface area contributed by atoms with Crippen LogP contribution < -0.4 is 0 Å². The Balaban J connectivity index is 1.72. The summed E-state index contributed by atoms with van der Waals surface area (Å²) >= 11 is 0. The predicted octanol–water partition coefficient (Wildman–Crippen LogP) is 5.50. The molecule has 0 unspecified atom stereocenters. The van der Waals surface area contributed by atoms with E-state index in [1.54, 1.807) is 0 Å². The van der Waals surface area contributed by atoms with Crippen LogP contribution in [0, 0.1) is 0 Å². The van der Waals surface area contributed by atoms with Gasteiger partial charge in [-0.05, 0) is 45.8 Å². The van der Waals surface area contributed by atoms with Gasteiger partial charge in [0.15, 0.2) is 0 Å². The molecule has 1 heterocycles. The largest absolute Gasteiger partial charge is 0.361 e. The number of fused-ring (bicyclic) bond motifs is 1. The summed E-state index contributed by atoms with van der Waals surface area (Å²) < 4.78 is 0. The molecule has 0 amide bonds. The van der Waals surface area contributed by atoms with Crippen molar-refractivity contribution in [3.8, 4) is 22.3 Å². The number of benzene rings is 3. The normalized spacial score (nSPS) is 10.9. The standard InChI is InChI=1S/C20H15N/c1-2-4-15(5-3-1)16-6-8-17(9-7-16)18-10-11-20-19(14-18)12-13-21-20/h1-14,21H. The second kappa shape index (κ2) is 4.95. The lowest BCUT2D eigenvalue weighted by Gasteiger charge is -2.05. The Morgan fingerprint density at radius 2 is 1.14 bits per heavy atom. The fraction of sp³-hybridized carbons (Fsp3) is 0. The molecule has 1 nitrogen and oxygen atoms in total. The van der Waals surface area contributed by atoms with Crippen molar-refractivity contribution in [1.29, 1.82) is 0 Å². The van der Waals surface area contributed by atoms with Crippen LogP contribution in [0.3, 0.4) is 0 Å². The van der Waals surface area contributed by atoms with E-state index in [-0.39, 0.29) is 0 Å². The Morgan fingerprint density at radius 3 is 1.90 bits per heavy atom. The van der Waals surface area contributed by atoms with E-state index in [9.17, 15) is 0 Å². The fourth-order valence-electron chi connectivity index (χ4n) is 2.72. The van der Waals surface area contributed by atoms with Gasteiger partial charge in [0.2, 0.25) is 0 Å². The van der Waals surface area contributed by atoms with Crippen LogP contribution in [0.1, 0.15) is 0 Å². The monoisotopic (exact) mass is 269 g/mol. The molecule has 1 N–H and O–H groups in total. The van der Waals surface area contributed by atoms with E-state index >= 15 is 0 Å². The molecule has 0 fully saturated rings. The van der Waals surface area contributed by atoms with Crippen LogP contribution in [-0.4, -0.2) is 4.98 Å². The average molecular weight is 269 g/mol. The average Bonchev–Trinajstić information content (AvgIpc) is 3.03. The summed E-state index contributed by atoms with van der Waals surface area (Å²) in [4.78, 5) is 3.23. The molecular formula is C20H15N. The van der Waals surface area contributed by atoms with Crippen LogP contribution in [0.15, 0.2) is 85.1 Å². The van der Waals surface area contributed by atoms with Gasteiger partial charge in [0, 0.05) is 11.7 Å². The highest BCUT2D eigenvalue weighted by Gasteiger charge is 2.02. The first-order chi connectivity index (χ1) is 10.4. The number of nitrogens with one attached hydrogen (secondary N) is 1. The lowest BCUT2D eigenvalue weighted by atomic mass is 10.00. The van der Waals surface area contributed by atoms with E-state index in [2.05, 4.69) is 77.8 Å². The molecule has 0 spiro atoms. The number of hydrogen-bond acceptors (Lipinski definition) is 0. The number of rotatable bonds is 2. The Bertz CT molecular complexity index is 871. The zero-order valence-electron chi connectivity index (χ0n) is 11.6. The van der Waals surface area contributed by atoms with Crippen LogP contribution in [-0.2, 0) is 0 Å². The van der Waals surface area contributed by atoms with Gasteiger partial charge in [-0.25, -0.2) is 0 Å².